The quantitative estimate of drug-likeness (QED) is 0.502. The van der Waals surface area contributed by atoms with Crippen molar-refractivity contribution in [1.82, 2.24) is 4.90 Å². The van der Waals surface area contributed by atoms with Gasteiger partial charge in [-0.2, -0.15) is 0 Å². The first-order chi connectivity index (χ1) is 8.09. The SMILES string of the molecule is CCCCCCCCN1C(=O)C(O)C(O)C1=O. The summed E-state index contributed by atoms with van der Waals surface area (Å²) in [5, 5.41) is 18.4. The molecule has 0 aromatic carbocycles. The van der Waals surface area contributed by atoms with Gasteiger partial charge in [-0.05, 0) is 6.42 Å². The molecule has 0 saturated carbocycles. The largest absolute Gasteiger partial charge is 0.380 e. The van der Waals surface area contributed by atoms with Crippen molar-refractivity contribution in [2.24, 2.45) is 0 Å². The molecule has 0 aromatic rings. The van der Waals surface area contributed by atoms with Crippen LogP contribution in [0.2, 0.25) is 0 Å². The minimum absolute atomic E-state index is 0.303. The normalized spacial score (nSPS) is 24.8. The molecular formula is C12H21NO4. The molecule has 2 atom stereocenters. The average molecular weight is 243 g/mol. The van der Waals surface area contributed by atoms with Crippen molar-refractivity contribution >= 4 is 11.8 Å². The third-order valence-corrected chi connectivity index (χ3v) is 3.07. The monoisotopic (exact) mass is 243 g/mol. The molecule has 1 saturated heterocycles. The number of carbonyl (C=O) groups excluding carboxylic acids is 2. The summed E-state index contributed by atoms with van der Waals surface area (Å²) in [4.78, 5) is 23.7. The number of imide groups is 1. The molecule has 5 heteroatoms. The molecule has 2 unspecified atom stereocenters. The molecule has 98 valence electrons. The maximum atomic E-state index is 11.4. The zero-order chi connectivity index (χ0) is 12.8. The van der Waals surface area contributed by atoms with Crippen LogP contribution in [0.5, 0.6) is 0 Å². The molecule has 2 amide bonds. The number of nitrogens with zero attached hydrogens (tertiary/aromatic N) is 1. The number of aliphatic hydroxyl groups is 2. The van der Waals surface area contributed by atoms with Crippen molar-refractivity contribution in [3.63, 3.8) is 0 Å². The predicted octanol–water partition coefficient (Wildman–Crippen LogP) is 0.437. The zero-order valence-electron chi connectivity index (χ0n) is 10.3. The highest BCUT2D eigenvalue weighted by atomic mass is 16.4. The van der Waals surface area contributed by atoms with E-state index in [2.05, 4.69) is 6.92 Å². The minimum Gasteiger partial charge on any atom is -0.380 e. The van der Waals surface area contributed by atoms with E-state index >= 15 is 0 Å². The van der Waals surface area contributed by atoms with Crippen LogP contribution in [0.1, 0.15) is 45.4 Å². The smallest absolute Gasteiger partial charge is 0.261 e. The number of aliphatic hydroxyl groups excluding tert-OH is 2. The van der Waals surface area contributed by atoms with Gasteiger partial charge in [0.15, 0.2) is 12.2 Å². The van der Waals surface area contributed by atoms with Gasteiger partial charge in [0.2, 0.25) is 0 Å². The van der Waals surface area contributed by atoms with Crippen LogP contribution in [0.25, 0.3) is 0 Å². The Hall–Kier alpha value is -0.940. The topological polar surface area (TPSA) is 77.8 Å². The van der Waals surface area contributed by atoms with E-state index in [4.69, 9.17) is 0 Å². The Bertz CT molecular complexity index is 260. The van der Waals surface area contributed by atoms with E-state index in [9.17, 15) is 19.8 Å². The van der Waals surface area contributed by atoms with Gasteiger partial charge in [0.25, 0.3) is 11.8 Å². The van der Waals surface area contributed by atoms with Crippen LogP contribution in [0.3, 0.4) is 0 Å². The van der Waals surface area contributed by atoms with Crippen LogP contribution in [0.15, 0.2) is 0 Å². The summed E-state index contributed by atoms with van der Waals surface area (Å²) in [7, 11) is 0. The highest BCUT2D eigenvalue weighted by Crippen LogP contribution is 2.15. The summed E-state index contributed by atoms with van der Waals surface area (Å²) in [5.74, 6) is -1.34. The standard InChI is InChI=1S/C12H21NO4/c1-2-3-4-5-6-7-8-13-11(16)9(14)10(15)12(13)17/h9-10,14-15H,2-8H2,1H3. The van der Waals surface area contributed by atoms with Crippen molar-refractivity contribution in [1.29, 1.82) is 0 Å². The van der Waals surface area contributed by atoms with E-state index in [-0.39, 0.29) is 0 Å². The number of amides is 2. The molecule has 1 fully saturated rings. The molecule has 5 nitrogen and oxygen atoms in total. The van der Waals surface area contributed by atoms with Gasteiger partial charge < -0.3 is 10.2 Å². The van der Waals surface area contributed by atoms with E-state index in [0.717, 1.165) is 24.2 Å². The van der Waals surface area contributed by atoms with Crippen molar-refractivity contribution in [2.45, 2.75) is 57.7 Å². The average Bonchev–Trinajstić information content (AvgIpc) is 2.50. The molecule has 0 spiro atoms. The fourth-order valence-electron chi connectivity index (χ4n) is 1.97. The van der Waals surface area contributed by atoms with Crippen LogP contribution in [-0.2, 0) is 9.59 Å². The molecule has 0 aromatic heterocycles. The zero-order valence-corrected chi connectivity index (χ0v) is 10.3. The van der Waals surface area contributed by atoms with Crippen LogP contribution in [0.4, 0.5) is 0 Å². The van der Waals surface area contributed by atoms with Gasteiger partial charge in [-0.3, -0.25) is 14.5 Å². The molecule has 1 rings (SSSR count). The number of unbranched alkanes of at least 4 members (excludes halogenated alkanes) is 5. The lowest BCUT2D eigenvalue weighted by atomic mass is 10.1. The summed E-state index contributed by atoms with van der Waals surface area (Å²) in [5.41, 5.74) is 0. The van der Waals surface area contributed by atoms with Crippen LogP contribution in [0, 0.1) is 0 Å². The van der Waals surface area contributed by atoms with E-state index in [1.807, 2.05) is 0 Å². The Balaban J connectivity index is 2.23. The third-order valence-electron chi connectivity index (χ3n) is 3.07. The summed E-state index contributed by atoms with van der Waals surface area (Å²) in [6.07, 6.45) is 3.22. The van der Waals surface area contributed by atoms with E-state index in [1.165, 1.54) is 19.3 Å². The van der Waals surface area contributed by atoms with Gasteiger partial charge in [-0.1, -0.05) is 39.0 Å². The van der Waals surface area contributed by atoms with E-state index in [1.54, 1.807) is 0 Å². The maximum absolute atomic E-state index is 11.4. The van der Waals surface area contributed by atoms with Crippen molar-refractivity contribution in [3.8, 4) is 0 Å². The summed E-state index contributed by atoms with van der Waals surface area (Å²) < 4.78 is 0. The van der Waals surface area contributed by atoms with Crippen molar-refractivity contribution in [3.05, 3.63) is 0 Å². The van der Waals surface area contributed by atoms with E-state index in [0.29, 0.717) is 6.54 Å². The Kier molecular flexibility index (Phi) is 5.58. The first kappa shape index (κ1) is 14.1. The van der Waals surface area contributed by atoms with Gasteiger partial charge in [-0.25, -0.2) is 0 Å². The van der Waals surface area contributed by atoms with Gasteiger partial charge in [0.05, 0.1) is 0 Å². The molecule has 1 aliphatic heterocycles. The summed E-state index contributed by atoms with van der Waals surface area (Å²) in [6.45, 7) is 2.45. The number of likely N-dealkylation sites (tertiary alicyclic amines) is 1. The lowest BCUT2D eigenvalue weighted by Gasteiger charge is -2.13. The maximum Gasteiger partial charge on any atom is 0.261 e. The highest BCUT2D eigenvalue weighted by Gasteiger charge is 2.45. The Morgan fingerprint density at radius 1 is 0.941 bits per heavy atom. The van der Waals surface area contributed by atoms with Gasteiger partial charge in [0.1, 0.15) is 0 Å². The lowest BCUT2D eigenvalue weighted by Crippen LogP contribution is -2.33. The Morgan fingerprint density at radius 3 is 1.94 bits per heavy atom. The lowest BCUT2D eigenvalue weighted by molar-refractivity contribution is -0.141. The number of carbonyl (C=O) groups is 2. The van der Waals surface area contributed by atoms with Gasteiger partial charge in [-0.15, -0.1) is 0 Å². The first-order valence-electron chi connectivity index (χ1n) is 6.31. The molecule has 1 aliphatic rings. The minimum atomic E-state index is -1.57. The number of rotatable bonds is 7. The molecule has 0 radical (unpaired) electrons. The van der Waals surface area contributed by atoms with Crippen LogP contribution >= 0.6 is 0 Å². The predicted molar refractivity (Wildman–Crippen MR) is 62.1 cm³/mol. The van der Waals surface area contributed by atoms with Gasteiger partial charge >= 0.3 is 0 Å². The molecule has 2 N–H and O–H groups in total. The highest BCUT2D eigenvalue weighted by molar-refractivity contribution is 6.07. The fourth-order valence-corrected chi connectivity index (χ4v) is 1.97. The fraction of sp³-hybridized carbons (Fsp3) is 0.833. The second-order valence-electron chi connectivity index (χ2n) is 4.49. The third kappa shape index (κ3) is 3.51. The first-order valence-corrected chi connectivity index (χ1v) is 6.31. The van der Waals surface area contributed by atoms with Gasteiger partial charge in [0, 0.05) is 6.54 Å². The number of hydrogen-bond donors (Lipinski definition) is 2. The molecule has 0 aliphatic carbocycles. The molecular weight excluding hydrogens is 222 g/mol. The Morgan fingerprint density at radius 2 is 1.41 bits per heavy atom. The van der Waals surface area contributed by atoms with Crippen molar-refractivity contribution in [2.75, 3.05) is 6.54 Å². The second-order valence-corrected chi connectivity index (χ2v) is 4.49. The molecule has 17 heavy (non-hydrogen) atoms. The van der Waals surface area contributed by atoms with Crippen molar-refractivity contribution < 1.29 is 19.8 Å². The van der Waals surface area contributed by atoms with Crippen LogP contribution in [-0.4, -0.2) is 45.7 Å². The van der Waals surface area contributed by atoms with E-state index < -0.39 is 24.0 Å². The second kappa shape index (κ2) is 6.71. The summed E-state index contributed by atoms with van der Waals surface area (Å²) in [6, 6.07) is 0. The Labute approximate surface area is 101 Å². The molecule has 1 heterocycles. The van der Waals surface area contributed by atoms with Crippen LogP contribution < -0.4 is 0 Å². The molecule has 0 bridgehead atoms. The summed E-state index contributed by atoms with van der Waals surface area (Å²) >= 11 is 0. The number of hydrogen-bond acceptors (Lipinski definition) is 4.